The number of nitrogens with one attached hydrogen (secondary N) is 1. The molecular weight excluding hydrogens is 278 g/mol. The van der Waals surface area contributed by atoms with Gasteiger partial charge in [0.2, 0.25) is 5.91 Å². The summed E-state index contributed by atoms with van der Waals surface area (Å²) in [6.07, 6.45) is 4.84. The Morgan fingerprint density at radius 2 is 2.09 bits per heavy atom. The number of hydrogen-bond acceptors (Lipinski definition) is 3. The number of carbonyl (C=O) groups is 1. The lowest BCUT2D eigenvalue weighted by molar-refractivity contribution is -0.128. The molecule has 0 radical (unpaired) electrons. The van der Waals surface area contributed by atoms with Gasteiger partial charge in [-0.25, -0.2) is 0 Å². The van der Waals surface area contributed by atoms with E-state index in [0.29, 0.717) is 6.61 Å². The first kappa shape index (κ1) is 16.8. The lowest BCUT2D eigenvalue weighted by Gasteiger charge is -2.31. The Bertz CT molecular complexity index is 495. The minimum atomic E-state index is -0.810. The molecule has 2 rings (SSSR count). The number of carbonyl (C=O) groups excluding carboxylic acids is 1. The van der Waals surface area contributed by atoms with Gasteiger partial charge in [0, 0.05) is 0 Å². The van der Waals surface area contributed by atoms with Crippen molar-refractivity contribution < 1.29 is 14.6 Å². The Labute approximate surface area is 132 Å². The van der Waals surface area contributed by atoms with Crippen LogP contribution in [0.1, 0.15) is 64.0 Å². The zero-order valence-electron chi connectivity index (χ0n) is 13.6. The van der Waals surface area contributed by atoms with E-state index < -0.39 is 5.60 Å². The molecule has 1 saturated carbocycles. The van der Waals surface area contributed by atoms with Crippen molar-refractivity contribution in [2.45, 2.75) is 64.0 Å². The van der Waals surface area contributed by atoms with Crippen LogP contribution in [0.4, 0.5) is 0 Å². The molecule has 1 aromatic rings. The van der Waals surface area contributed by atoms with Crippen molar-refractivity contribution in [1.29, 1.82) is 0 Å². The molecule has 1 atom stereocenters. The average molecular weight is 305 g/mol. The lowest BCUT2D eigenvalue weighted by Crippen LogP contribution is -2.39. The van der Waals surface area contributed by atoms with E-state index in [9.17, 15) is 9.90 Å². The zero-order valence-corrected chi connectivity index (χ0v) is 13.6. The quantitative estimate of drug-likeness (QED) is 0.847. The minimum absolute atomic E-state index is 0.0845. The molecule has 0 heterocycles. The highest BCUT2D eigenvalue weighted by Crippen LogP contribution is 2.31. The van der Waals surface area contributed by atoms with Crippen LogP contribution in [0.25, 0.3) is 0 Å². The van der Waals surface area contributed by atoms with Gasteiger partial charge in [0.25, 0.3) is 0 Å². The standard InChI is InChI=1S/C18H27NO3/c1-3-22-16-9-7-8-15(12-16)14(2)19-17(20)13-18(21)10-5-4-6-11-18/h7-9,12,14,21H,3-6,10-11,13H2,1-2H3,(H,19,20). The molecule has 1 aliphatic rings. The lowest BCUT2D eigenvalue weighted by atomic mass is 9.82. The second kappa shape index (κ2) is 7.63. The van der Waals surface area contributed by atoms with Crippen molar-refractivity contribution in [2.75, 3.05) is 6.61 Å². The first-order valence-electron chi connectivity index (χ1n) is 8.27. The maximum atomic E-state index is 12.2. The molecule has 1 aromatic carbocycles. The fraction of sp³-hybridized carbons (Fsp3) is 0.611. The number of aliphatic hydroxyl groups is 1. The van der Waals surface area contributed by atoms with Gasteiger partial charge in [-0.3, -0.25) is 4.79 Å². The van der Waals surface area contributed by atoms with Crippen LogP contribution in [-0.4, -0.2) is 23.2 Å². The monoisotopic (exact) mass is 305 g/mol. The van der Waals surface area contributed by atoms with Crippen molar-refractivity contribution in [2.24, 2.45) is 0 Å². The molecule has 0 saturated heterocycles. The van der Waals surface area contributed by atoms with E-state index >= 15 is 0 Å². The average Bonchev–Trinajstić information content (AvgIpc) is 2.48. The molecule has 4 heteroatoms. The summed E-state index contributed by atoms with van der Waals surface area (Å²) in [5, 5.41) is 13.4. The number of rotatable bonds is 6. The van der Waals surface area contributed by atoms with Crippen LogP contribution in [0.5, 0.6) is 5.75 Å². The molecule has 0 aromatic heterocycles. The first-order chi connectivity index (χ1) is 10.5. The van der Waals surface area contributed by atoms with E-state index in [1.807, 2.05) is 38.1 Å². The van der Waals surface area contributed by atoms with Crippen molar-refractivity contribution in [3.63, 3.8) is 0 Å². The molecule has 22 heavy (non-hydrogen) atoms. The second-order valence-corrected chi connectivity index (χ2v) is 6.26. The van der Waals surface area contributed by atoms with E-state index in [4.69, 9.17) is 4.74 Å². The SMILES string of the molecule is CCOc1cccc(C(C)NC(=O)CC2(O)CCCCC2)c1. The molecule has 2 N–H and O–H groups in total. The fourth-order valence-electron chi connectivity index (χ4n) is 3.10. The summed E-state index contributed by atoms with van der Waals surface area (Å²) < 4.78 is 5.49. The maximum absolute atomic E-state index is 12.2. The minimum Gasteiger partial charge on any atom is -0.494 e. The third-order valence-electron chi connectivity index (χ3n) is 4.32. The summed E-state index contributed by atoms with van der Waals surface area (Å²) in [6, 6.07) is 7.66. The van der Waals surface area contributed by atoms with Gasteiger partial charge in [0.15, 0.2) is 0 Å². The summed E-state index contributed by atoms with van der Waals surface area (Å²) in [7, 11) is 0. The maximum Gasteiger partial charge on any atom is 0.223 e. The van der Waals surface area contributed by atoms with Gasteiger partial charge >= 0.3 is 0 Å². The van der Waals surface area contributed by atoms with E-state index in [0.717, 1.165) is 43.4 Å². The predicted octanol–water partition coefficient (Wildman–Crippen LogP) is 3.35. The number of ether oxygens (including phenoxy) is 1. The highest BCUT2D eigenvalue weighted by Gasteiger charge is 2.32. The normalized spacial score (nSPS) is 18.5. The molecule has 0 bridgehead atoms. The Hall–Kier alpha value is -1.55. The van der Waals surface area contributed by atoms with Gasteiger partial charge in [-0.1, -0.05) is 31.4 Å². The fourth-order valence-corrected chi connectivity index (χ4v) is 3.10. The third-order valence-corrected chi connectivity index (χ3v) is 4.32. The summed E-state index contributed by atoms with van der Waals surface area (Å²) >= 11 is 0. The zero-order chi connectivity index (χ0) is 16.0. The second-order valence-electron chi connectivity index (χ2n) is 6.26. The molecule has 1 unspecified atom stereocenters. The van der Waals surface area contributed by atoms with Crippen LogP contribution in [-0.2, 0) is 4.79 Å². The van der Waals surface area contributed by atoms with Gasteiger partial charge in [-0.15, -0.1) is 0 Å². The summed E-state index contributed by atoms with van der Waals surface area (Å²) in [5.74, 6) is 0.728. The van der Waals surface area contributed by atoms with E-state index in [-0.39, 0.29) is 18.4 Å². The van der Waals surface area contributed by atoms with Crippen molar-refractivity contribution >= 4 is 5.91 Å². The van der Waals surface area contributed by atoms with E-state index in [1.54, 1.807) is 0 Å². The van der Waals surface area contributed by atoms with E-state index in [1.165, 1.54) is 0 Å². The van der Waals surface area contributed by atoms with E-state index in [2.05, 4.69) is 5.32 Å². The number of hydrogen-bond donors (Lipinski definition) is 2. The van der Waals surface area contributed by atoms with Crippen LogP contribution in [0.3, 0.4) is 0 Å². The summed E-state index contributed by atoms with van der Waals surface area (Å²) in [6.45, 7) is 4.52. The van der Waals surface area contributed by atoms with Crippen LogP contribution in [0.15, 0.2) is 24.3 Å². The Morgan fingerprint density at radius 1 is 1.36 bits per heavy atom. The first-order valence-corrected chi connectivity index (χ1v) is 8.27. The predicted molar refractivity (Wildman–Crippen MR) is 86.8 cm³/mol. The van der Waals surface area contributed by atoms with Gasteiger partial charge < -0.3 is 15.2 Å². The summed E-state index contributed by atoms with van der Waals surface area (Å²) in [4.78, 5) is 12.2. The van der Waals surface area contributed by atoms with Gasteiger partial charge in [-0.2, -0.15) is 0 Å². The topological polar surface area (TPSA) is 58.6 Å². The van der Waals surface area contributed by atoms with Crippen molar-refractivity contribution in [1.82, 2.24) is 5.32 Å². The Kier molecular flexibility index (Phi) is 5.83. The summed E-state index contributed by atoms with van der Waals surface area (Å²) in [5.41, 5.74) is 0.199. The third kappa shape index (κ3) is 4.73. The highest BCUT2D eigenvalue weighted by atomic mass is 16.5. The van der Waals surface area contributed by atoms with Gasteiger partial charge in [0.1, 0.15) is 5.75 Å². The van der Waals surface area contributed by atoms with Gasteiger partial charge in [-0.05, 0) is 44.4 Å². The largest absolute Gasteiger partial charge is 0.494 e. The van der Waals surface area contributed by atoms with Crippen molar-refractivity contribution in [3.05, 3.63) is 29.8 Å². The Balaban J connectivity index is 1.91. The van der Waals surface area contributed by atoms with Crippen LogP contribution >= 0.6 is 0 Å². The Morgan fingerprint density at radius 3 is 2.77 bits per heavy atom. The molecule has 0 spiro atoms. The van der Waals surface area contributed by atoms with Crippen LogP contribution in [0, 0.1) is 0 Å². The molecule has 1 aliphatic carbocycles. The van der Waals surface area contributed by atoms with Crippen LogP contribution in [0.2, 0.25) is 0 Å². The molecule has 1 amide bonds. The molecule has 4 nitrogen and oxygen atoms in total. The van der Waals surface area contributed by atoms with Gasteiger partial charge in [0.05, 0.1) is 24.7 Å². The van der Waals surface area contributed by atoms with Crippen molar-refractivity contribution in [3.8, 4) is 5.75 Å². The van der Waals surface area contributed by atoms with Crippen LogP contribution < -0.4 is 10.1 Å². The number of amides is 1. The molecule has 1 fully saturated rings. The smallest absolute Gasteiger partial charge is 0.223 e. The molecule has 0 aliphatic heterocycles. The molecule has 122 valence electrons. The highest BCUT2D eigenvalue weighted by molar-refractivity contribution is 5.77. The number of benzene rings is 1. The molecular formula is C18H27NO3.